The van der Waals surface area contributed by atoms with Crippen molar-refractivity contribution >= 4 is 17.7 Å². The van der Waals surface area contributed by atoms with Gasteiger partial charge in [0.15, 0.2) is 0 Å². The first-order chi connectivity index (χ1) is 15.5. The predicted octanol–water partition coefficient (Wildman–Crippen LogP) is 6.64. The summed E-state index contributed by atoms with van der Waals surface area (Å²) in [6, 6.07) is 10.6. The molecule has 0 fully saturated rings. The van der Waals surface area contributed by atoms with Gasteiger partial charge in [-0.15, -0.1) is 24.9 Å². The maximum absolute atomic E-state index is 12.9. The van der Waals surface area contributed by atoms with Crippen molar-refractivity contribution < 1.29 is 27.8 Å². The van der Waals surface area contributed by atoms with Crippen molar-refractivity contribution in [3.05, 3.63) is 76.6 Å². The second-order valence-corrected chi connectivity index (χ2v) is 9.19. The third-order valence-electron chi connectivity index (χ3n) is 5.18. The Bertz CT molecular complexity index is 1100. The lowest BCUT2D eigenvalue weighted by atomic mass is 9.97. The fourth-order valence-electron chi connectivity index (χ4n) is 3.53. The van der Waals surface area contributed by atoms with E-state index in [0.717, 1.165) is 27.1 Å². The van der Waals surface area contributed by atoms with Gasteiger partial charge >= 0.3 is 12.3 Å². The van der Waals surface area contributed by atoms with Gasteiger partial charge in [0, 0.05) is 23.1 Å². The Morgan fingerprint density at radius 1 is 1.18 bits per heavy atom. The summed E-state index contributed by atoms with van der Waals surface area (Å²) in [5, 5.41) is 15.6. The molecule has 33 heavy (non-hydrogen) atoms. The Labute approximate surface area is 194 Å². The highest BCUT2D eigenvalue weighted by Crippen LogP contribution is 2.43. The normalized spacial score (nSPS) is 12.7. The van der Waals surface area contributed by atoms with E-state index < -0.39 is 12.3 Å². The number of aliphatic carboxylic acids is 1. The number of thioether (sulfide) groups is 1. The Kier molecular flexibility index (Phi) is 7.73. The summed E-state index contributed by atoms with van der Waals surface area (Å²) in [7, 11) is 0. The standard InChI is InChI=1S/C24H25F3N2O3S/c1-14(2)20-11-17(5-8-21(20)32-24(25,26)27)23(18-12-28-29-13-18)33-19-7-4-16(15(3)10-19)6-9-22(30)31/h4-5,7-8,10-14,23H,6,9H2,1-3H3,(H,28,29)(H,30,31). The summed E-state index contributed by atoms with van der Waals surface area (Å²) in [4.78, 5) is 11.8. The summed E-state index contributed by atoms with van der Waals surface area (Å²) in [5.41, 5.74) is 4.14. The molecule has 0 amide bonds. The van der Waals surface area contributed by atoms with E-state index in [9.17, 15) is 18.0 Å². The minimum absolute atomic E-state index is 0.0648. The van der Waals surface area contributed by atoms with Crippen LogP contribution in [0.1, 0.15) is 59.3 Å². The molecule has 2 N–H and O–H groups in total. The van der Waals surface area contributed by atoms with Crippen molar-refractivity contribution in [3.63, 3.8) is 0 Å². The van der Waals surface area contributed by atoms with Gasteiger partial charge in [0.2, 0.25) is 0 Å². The number of aromatic nitrogens is 2. The van der Waals surface area contributed by atoms with E-state index in [1.165, 1.54) is 6.07 Å². The van der Waals surface area contributed by atoms with Crippen LogP contribution in [0.15, 0.2) is 53.7 Å². The second-order valence-electron chi connectivity index (χ2n) is 8.01. The Morgan fingerprint density at radius 3 is 2.52 bits per heavy atom. The molecule has 0 aliphatic rings. The number of aryl methyl sites for hydroxylation is 2. The van der Waals surface area contributed by atoms with Gasteiger partial charge in [0.25, 0.3) is 0 Å². The molecule has 176 valence electrons. The number of carbonyl (C=O) groups is 1. The maximum Gasteiger partial charge on any atom is 0.573 e. The molecule has 2 aromatic carbocycles. The molecule has 1 unspecified atom stereocenters. The van der Waals surface area contributed by atoms with E-state index in [0.29, 0.717) is 12.0 Å². The lowest BCUT2D eigenvalue weighted by Crippen LogP contribution is -2.18. The molecule has 3 rings (SSSR count). The molecule has 0 aliphatic carbocycles. The number of alkyl halides is 3. The molecule has 0 bridgehead atoms. The number of halogens is 3. The lowest BCUT2D eigenvalue weighted by molar-refractivity contribution is -0.275. The fourth-order valence-corrected chi connectivity index (χ4v) is 4.74. The molecule has 0 radical (unpaired) electrons. The summed E-state index contributed by atoms with van der Waals surface area (Å²) in [5.74, 6) is -1.21. The largest absolute Gasteiger partial charge is 0.573 e. The second kappa shape index (κ2) is 10.3. The van der Waals surface area contributed by atoms with Gasteiger partial charge in [-0.25, -0.2) is 0 Å². The summed E-state index contributed by atoms with van der Waals surface area (Å²) >= 11 is 1.55. The Hall–Kier alpha value is -2.94. The SMILES string of the molecule is Cc1cc(SC(c2cn[nH]c2)c2ccc(OC(F)(F)F)c(C(C)C)c2)ccc1CCC(=O)O. The van der Waals surface area contributed by atoms with E-state index in [1.807, 2.05) is 39.0 Å². The van der Waals surface area contributed by atoms with Gasteiger partial charge in [-0.05, 0) is 59.7 Å². The van der Waals surface area contributed by atoms with Gasteiger partial charge in [-0.2, -0.15) is 5.10 Å². The first-order valence-corrected chi connectivity index (χ1v) is 11.3. The highest BCUT2D eigenvalue weighted by molar-refractivity contribution is 7.99. The van der Waals surface area contributed by atoms with Crippen LogP contribution < -0.4 is 4.74 Å². The highest BCUT2D eigenvalue weighted by Gasteiger charge is 2.32. The number of aromatic amines is 1. The minimum atomic E-state index is -4.76. The lowest BCUT2D eigenvalue weighted by Gasteiger charge is -2.21. The van der Waals surface area contributed by atoms with Gasteiger partial charge in [-0.3, -0.25) is 9.89 Å². The minimum Gasteiger partial charge on any atom is -0.481 e. The fraction of sp³-hybridized carbons (Fsp3) is 0.333. The average Bonchev–Trinajstić information content (AvgIpc) is 3.25. The van der Waals surface area contributed by atoms with Gasteiger partial charge in [0.1, 0.15) is 5.75 Å². The third kappa shape index (κ3) is 6.77. The Morgan fingerprint density at radius 2 is 1.94 bits per heavy atom. The molecule has 0 aliphatic heterocycles. The van der Waals surface area contributed by atoms with E-state index in [1.54, 1.807) is 36.3 Å². The zero-order valence-electron chi connectivity index (χ0n) is 18.4. The van der Waals surface area contributed by atoms with Crippen LogP contribution >= 0.6 is 11.8 Å². The summed E-state index contributed by atoms with van der Waals surface area (Å²) < 4.78 is 42.8. The van der Waals surface area contributed by atoms with Crippen LogP contribution in [0.4, 0.5) is 13.2 Å². The summed E-state index contributed by atoms with van der Waals surface area (Å²) in [6.07, 6.45) is -0.781. The van der Waals surface area contributed by atoms with Crippen LogP contribution in [0.2, 0.25) is 0 Å². The molecule has 5 nitrogen and oxygen atoms in total. The van der Waals surface area contributed by atoms with E-state index in [-0.39, 0.29) is 23.3 Å². The maximum atomic E-state index is 12.9. The Balaban J connectivity index is 1.94. The quantitative estimate of drug-likeness (QED) is 0.337. The number of hydrogen-bond donors (Lipinski definition) is 2. The number of H-pyrrole nitrogens is 1. The van der Waals surface area contributed by atoms with Gasteiger partial charge < -0.3 is 9.84 Å². The molecule has 0 saturated carbocycles. The molecule has 9 heteroatoms. The first kappa shape index (κ1) is 24.7. The van der Waals surface area contributed by atoms with E-state index >= 15 is 0 Å². The van der Waals surface area contributed by atoms with Crippen LogP contribution in [0.3, 0.4) is 0 Å². The first-order valence-electron chi connectivity index (χ1n) is 10.4. The van der Waals surface area contributed by atoms with Gasteiger partial charge in [0.05, 0.1) is 11.4 Å². The van der Waals surface area contributed by atoms with Crippen LogP contribution in [0.5, 0.6) is 5.75 Å². The van der Waals surface area contributed by atoms with Crippen molar-refractivity contribution in [2.24, 2.45) is 0 Å². The molecular formula is C24H25F3N2O3S. The number of carboxylic acids is 1. The number of benzene rings is 2. The topological polar surface area (TPSA) is 75.2 Å². The molecule has 0 saturated heterocycles. The number of carboxylic acid groups (broad SMARTS) is 1. The monoisotopic (exact) mass is 478 g/mol. The molecule has 1 aromatic heterocycles. The third-order valence-corrected chi connectivity index (χ3v) is 6.49. The smallest absolute Gasteiger partial charge is 0.481 e. The molecule has 0 spiro atoms. The number of hydrogen-bond acceptors (Lipinski definition) is 4. The van der Waals surface area contributed by atoms with Crippen molar-refractivity contribution in [1.82, 2.24) is 10.2 Å². The number of ether oxygens (including phenoxy) is 1. The number of nitrogens with one attached hydrogen (secondary N) is 1. The van der Waals surface area contributed by atoms with Crippen LogP contribution in [-0.4, -0.2) is 27.6 Å². The van der Waals surface area contributed by atoms with Crippen LogP contribution in [0, 0.1) is 6.92 Å². The molecule has 3 aromatic rings. The van der Waals surface area contributed by atoms with Crippen LogP contribution in [-0.2, 0) is 11.2 Å². The zero-order chi connectivity index (χ0) is 24.2. The van der Waals surface area contributed by atoms with Crippen molar-refractivity contribution in [2.45, 2.75) is 56.0 Å². The van der Waals surface area contributed by atoms with Crippen molar-refractivity contribution in [2.75, 3.05) is 0 Å². The molecule has 1 atom stereocenters. The molecule has 1 heterocycles. The van der Waals surface area contributed by atoms with Gasteiger partial charge in [-0.1, -0.05) is 32.0 Å². The van der Waals surface area contributed by atoms with E-state index in [4.69, 9.17) is 5.11 Å². The average molecular weight is 479 g/mol. The number of rotatable bonds is 9. The predicted molar refractivity (Wildman–Crippen MR) is 121 cm³/mol. The van der Waals surface area contributed by atoms with Crippen LogP contribution in [0.25, 0.3) is 0 Å². The zero-order valence-corrected chi connectivity index (χ0v) is 19.3. The molecular weight excluding hydrogens is 453 g/mol. The van der Waals surface area contributed by atoms with Crippen molar-refractivity contribution in [1.29, 1.82) is 0 Å². The highest BCUT2D eigenvalue weighted by atomic mass is 32.2. The van der Waals surface area contributed by atoms with Crippen molar-refractivity contribution in [3.8, 4) is 5.75 Å². The summed E-state index contributed by atoms with van der Waals surface area (Å²) in [6.45, 7) is 5.58. The van der Waals surface area contributed by atoms with E-state index in [2.05, 4.69) is 14.9 Å². The number of nitrogens with zero attached hydrogens (tertiary/aromatic N) is 1.